The molecule has 0 spiro atoms. The predicted octanol–water partition coefficient (Wildman–Crippen LogP) is 13.4. The zero-order chi connectivity index (χ0) is 40.9. The van der Waals surface area contributed by atoms with Crippen LogP contribution >= 0.6 is 0 Å². The van der Waals surface area contributed by atoms with Crippen LogP contribution < -0.4 is 0 Å². The molecule has 10 aromatic rings. The van der Waals surface area contributed by atoms with E-state index in [0.29, 0.717) is 23.4 Å². The molecule has 6 nitrogen and oxygen atoms in total. The largest absolute Gasteiger partial charge is 0.455 e. The Morgan fingerprint density at radius 2 is 1.23 bits per heavy atom. The summed E-state index contributed by atoms with van der Waals surface area (Å²) in [4.78, 5) is 24.2. The van der Waals surface area contributed by atoms with Crippen molar-refractivity contribution in [2.75, 3.05) is 0 Å². The van der Waals surface area contributed by atoms with Gasteiger partial charge in [-0.2, -0.15) is 0 Å². The second kappa shape index (κ2) is 15.2. The Morgan fingerprint density at radius 1 is 0.557 bits per heavy atom. The lowest BCUT2D eigenvalue weighted by Gasteiger charge is -2.20. The number of rotatable bonds is 7. The van der Waals surface area contributed by atoms with Crippen LogP contribution in [0.15, 0.2) is 181 Å². The average Bonchev–Trinajstić information content (AvgIpc) is 3.63. The third-order valence-corrected chi connectivity index (χ3v) is 12.4. The summed E-state index contributed by atoms with van der Waals surface area (Å²) >= 11 is 0. The molecule has 1 aliphatic carbocycles. The van der Waals surface area contributed by atoms with E-state index in [1.807, 2.05) is 85.3 Å². The Morgan fingerprint density at radius 3 is 1.97 bits per heavy atom. The first-order valence-corrected chi connectivity index (χ1v) is 21.0. The summed E-state index contributed by atoms with van der Waals surface area (Å²) in [5.74, 6) is 2.19. The van der Waals surface area contributed by atoms with Gasteiger partial charge in [0.1, 0.15) is 11.2 Å². The zero-order valence-electron chi connectivity index (χ0n) is 34.0. The minimum Gasteiger partial charge on any atom is -0.455 e. The molecule has 4 heterocycles. The Kier molecular flexibility index (Phi) is 9.11. The highest BCUT2D eigenvalue weighted by Gasteiger charge is 2.26. The van der Waals surface area contributed by atoms with Crippen LogP contribution in [0, 0.1) is 6.92 Å². The van der Waals surface area contributed by atoms with Crippen molar-refractivity contribution in [3.8, 4) is 56.4 Å². The van der Waals surface area contributed by atoms with Crippen LogP contribution in [0.5, 0.6) is 0 Å². The molecule has 1 aliphatic rings. The molecule has 61 heavy (non-hydrogen) atoms. The number of furan rings is 1. The molecule has 0 bridgehead atoms. The van der Waals surface area contributed by atoms with Crippen LogP contribution in [-0.4, -0.2) is 24.9 Å². The highest BCUT2D eigenvalue weighted by Crippen LogP contribution is 2.45. The molecule has 2 atom stereocenters. The lowest BCUT2D eigenvalue weighted by molar-refractivity contribution is 0.669. The number of pyridine rings is 2. The van der Waals surface area contributed by atoms with Gasteiger partial charge >= 0.3 is 0 Å². The van der Waals surface area contributed by atoms with E-state index in [9.17, 15) is 0 Å². The van der Waals surface area contributed by atoms with Gasteiger partial charge in [0.2, 0.25) is 0 Å². The van der Waals surface area contributed by atoms with Gasteiger partial charge in [-0.25, -0.2) is 15.0 Å². The number of fused-ring (bicyclic) bond motifs is 6. The van der Waals surface area contributed by atoms with Gasteiger partial charge in [-0.1, -0.05) is 128 Å². The molecule has 0 radical (unpaired) electrons. The number of aromatic nitrogens is 5. The first kappa shape index (κ1) is 36.5. The molecule has 292 valence electrons. The second-order valence-electron chi connectivity index (χ2n) is 16.1. The number of para-hydroxylation sites is 1. The predicted molar refractivity (Wildman–Crippen MR) is 245 cm³/mol. The minimum absolute atomic E-state index is 0.0755. The quantitative estimate of drug-likeness (QED) is 0.160. The zero-order valence-corrected chi connectivity index (χ0v) is 34.0. The monoisotopic (exact) mass is 787 g/mol. The summed E-state index contributed by atoms with van der Waals surface area (Å²) in [6.07, 6.45) is 9.95. The average molecular weight is 788 g/mol. The Labute approximate surface area is 354 Å². The van der Waals surface area contributed by atoms with Crippen LogP contribution in [0.3, 0.4) is 0 Å². The molecule has 0 saturated carbocycles. The van der Waals surface area contributed by atoms with E-state index in [1.54, 1.807) is 0 Å². The highest BCUT2D eigenvalue weighted by molar-refractivity contribution is 6.09. The molecule has 11 rings (SSSR count). The third-order valence-electron chi connectivity index (χ3n) is 12.4. The molecule has 4 aromatic heterocycles. The van der Waals surface area contributed by atoms with Crippen molar-refractivity contribution in [2.45, 2.75) is 38.5 Å². The lowest BCUT2D eigenvalue weighted by atomic mass is 9.84. The van der Waals surface area contributed by atoms with Crippen molar-refractivity contribution in [1.82, 2.24) is 24.9 Å². The SMILES string of the molecule is Cc1cc2c(cc1-c1cnccc1C(C)c1ccc3oc4c(-c5nc(-c6ccccc6)nc(-c6ccccc6)n5)cccc4c3c1)CCC(c1ccccc1)c1ccncc1-2. The van der Waals surface area contributed by atoms with E-state index in [4.69, 9.17) is 19.4 Å². The highest BCUT2D eigenvalue weighted by atomic mass is 16.3. The molecule has 0 fully saturated rings. The van der Waals surface area contributed by atoms with Gasteiger partial charge in [0.05, 0.1) is 5.56 Å². The first-order valence-electron chi connectivity index (χ1n) is 21.0. The van der Waals surface area contributed by atoms with Gasteiger partial charge in [-0.3, -0.25) is 9.97 Å². The molecular weight excluding hydrogens is 747 g/mol. The summed E-state index contributed by atoms with van der Waals surface area (Å²) < 4.78 is 6.69. The third kappa shape index (κ3) is 6.57. The molecule has 2 unspecified atom stereocenters. The number of hydrogen-bond donors (Lipinski definition) is 0. The second-order valence-corrected chi connectivity index (χ2v) is 16.1. The number of benzene rings is 6. The molecule has 6 aromatic carbocycles. The van der Waals surface area contributed by atoms with Gasteiger partial charge in [-0.15, -0.1) is 0 Å². The summed E-state index contributed by atoms with van der Waals surface area (Å²) in [6, 6.07) is 53.0. The van der Waals surface area contributed by atoms with E-state index < -0.39 is 0 Å². The van der Waals surface area contributed by atoms with E-state index in [2.05, 4.69) is 115 Å². The maximum Gasteiger partial charge on any atom is 0.167 e. The van der Waals surface area contributed by atoms with Crippen LogP contribution in [0.1, 0.15) is 58.6 Å². The van der Waals surface area contributed by atoms with Crippen molar-refractivity contribution >= 4 is 21.9 Å². The summed E-state index contributed by atoms with van der Waals surface area (Å²) in [5.41, 5.74) is 16.8. The molecule has 6 heteroatoms. The van der Waals surface area contributed by atoms with Crippen LogP contribution in [-0.2, 0) is 6.42 Å². The first-order chi connectivity index (χ1) is 30.1. The number of aryl methyl sites for hydroxylation is 2. The van der Waals surface area contributed by atoms with Gasteiger partial charge in [0, 0.05) is 69.6 Å². The van der Waals surface area contributed by atoms with Gasteiger partial charge in [0.15, 0.2) is 17.5 Å². The van der Waals surface area contributed by atoms with Crippen molar-refractivity contribution in [1.29, 1.82) is 0 Å². The van der Waals surface area contributed by atoms with Crippen molar-refractivity contribution in [3.05, 3.63) is 210 Å². The lowest BCUT2D eigenvalue weighted by Crippen LogP contribution is -2.02. The van der Waals surface area contributed by atoms with E-state index >= 15 is 0 Å². The Bertz CT molecular complexity index is 3180. The summed E-state index contributed by atoms with van der Waals surface area (Å²) in [5, 5.41) is 2.07. The summed E-state index contributed by atoms with van der Waals surface area (Å²) in [7, 11) is 0. The van der Waals surface area contributed by atoms with Gasteiger partial charge in [0.25, 0.3) is 0 Å². The molecule has 0 N–H and O–H groups in total. The van der Waals surface area contributed by atoms with Crippen LogP contribution in [0.25, 0.3) is 78.4 Å². The maximum atomic E-state index is 6.69. The summed E-state index contributed by atoms with van der Waals surface area (Å²) in [6.45, 7) is 4.52. The fraction of sp³-hybridized carbons (Fsp3) is 0.109. The fourth-order valence-corrected chi connectivity index (χ4v) is 9.30. The molecule has 0 saturated heterocycles. The van der Waals surface area contributed by atoms with Gasteiger partial charge in [-0.05, 0) is 94.6 Å². The minimum atomic E-state index is 0.0755. The standard InChI is InChI=1S/C55H41N5O/c1-34-29-47-40(21-23-42(36-13-6-3-7-14-36)43-26-28-57-33-50(43)47)31-46(34)49-32-56-27-25-41(49)35(2)39-22-24-51-48(30-39)44-19-12-20-45(52(44)61-51)55-59-53(37-15-8-4-9-16-37)58-54(60-55)38-17-10-5-11-18-38/h3-20,22,24-33,35,42H,21,23H2,1-2H3. The van der Waals surface area contributed by atoms with E-state index in [1.165, 1.54) is 50.1 Å². The van der Waals surface area contributed by atoms with Crippen LogP contribution in [0.2, 0.25) is 0 Å². The molecular formula is C55H41N5O. The maximum absolute atomic E-state index is 6.69. The molecule has 0 amide bonds. The number of hydrogen-bond acceptors (Lipinski definition) is 6. The topological polar surface area (TPSA) is 77.6 Å². The van der Waals surface area contributed by atoms with Crippen molar-refractivity contribution in [3.63, 3.8) is 0 Å². The van der Waals surface area contributed by atoms with Crippen molar-refractivity contribution in [2.24, 2.45) is 0 Å². The van der Waals surface area contributed by atoms with Crippen molar-refractivity contribution < 1.29 is 4.42 Å². The van der Waals surface area contributed by atoms with Gasteiger partial charge < -0.3 is 4.42 Å². The normalized spacial score (nSPS) is 14.0. The fourth-order valence-electron chi connectivity index (χ4n) is 9.30. The molecule has 0 aliphatic heterocycles. The Balaban J connectivity index is 0.975. The van der Waals surface area contributed by atoms with E-state index in [0.717, 1.165) is 57.0 Å². The Hall–Kier alpha value is -7.57. The number of nitrogens with zero attached hydrogens (tertiary/aromatic N) is 5. The van der Waals surface area contributed by atoms with Crippen LogP contribution in [0.4, 0.5) is 0 Å². The van der Waals surface area contributed by atoms with E-state index in [-0.39, 0.29) is 5.92 Å². The smallest absolute Gasteiger partial charge is 0.167 e.